The molecule has 1 atom stereocenters. The fraction of sp³-hybridized carbons (Fsp3) is 0.818. The van der Waals surface area contributed by atoms with Crippen LogP contribution in [-0.4, -0.2) is 30.6 Å². The maximum absolute atomic E-state index is 10.6. The van der Waals surface area contributed by atoms with Crippen molar-refractivity contribution in [2.75, 3.05) is 13.1 Å². The molecule has 0 radical (unpaired) electrons. The molecule has 5 nitrogen and oxygen atoms in total. The lowest BCUT2D eigenvalue weighted by atomic mass is 10.1. The van der Waals surface area contributed by atoms with Gasteiger partial charge in [-0.25, -0.2) is 4.79 Å². The fourth-order valence-corrected chi connectivity index (χ4v) is 1.30. The molecule has 0 saturated carbocycles. The van der Waals surface area contributed by atoms with E-state index < -0.39 is 11.7 Å². The number of Topliss-reactive ketones (excluding diaryl/α,β-unsaturated/α-hetero) is 1. The van der Waals surface area contributed by atoms with E-state index in [0.717, 1.165) is 19.5 Å². The SMILES string of the molecule is CC(=O)C1CCNC1.CC(C)(C)OC(N)=O. The maximum Gasteiger partial charge on any atom is 0.405 e. The minimum Gasteiger partial charge on any atom is -0.444 e. The molecular weight excluding hydrogens is 208 g/mol. The molecule has 1 fully saturated rings. The predicted octanol–water partition coefficient (Wildman–Crippen LogP) is 1.07. The highest BCUT2D eigenvalue weighted by molar-refractivity contribution is 5.78. The number of carbonyl (C=O) groups excluding carboxylic acids is 2. The molecule has 0 aromatic rings. The number of amides is 1. The Bertz CT molecular complexity index is 240. The van der Waals surface area contributed by atoms with Crippen LogP contribution in [0.5, 0.6) is 0 Å². The number of nitrogens with two attached hydrogens (primary N) is 1. The Balaban J connectivity index is 0.000000281. The van der Waals surface area contributed by atoms with Crippen molar-refractivity contribution in [3.8, 4) is 0 Å². The Morgan fingerprint density at radius 1 is 1.38 bits per heavy atom. The first-order chi connectivity index (χ1) is 7.22. The summed E-state index contributed by atoms with van der Waals surface area (Å²) in [6.45, 7) is 8.87. The van der Waals surface area contributed by atoms with Crippen LogP contribution in [0.3, 0.4) is 0 Å². The van der Waals surface area contributed by atoms with E-state index in [2.05, 4.69) is 10.1 Å². The molecule has 1 amide bonds. The Kier molecular flexibility index (Phi) is 6.03. The molecule has 1 saturated heterocycles. The fourth-order valence-electron chi connectivity index (χ4n) is 1.30. The van der Waals surface area contributed by atoms with Crippen LogP contribution in [0.1, 0.15) is 34.1 Å². The highest BCUT2D eigenvalue weighted by atomic mass is 16.6. The van der Waals surface area contributed by atoms with Gasteiger partial charge in [0, 0.05) is 12.5 Å². The molecule has 0 aromatic heterocycles. The second-order valence-electron chi connectivity index (χ2n) is 4.83. The molecule has 94 valence electrons. The van der Waals surface area contributed by atoms with Gasteiger partial charge >= 0.3 is 6.09 Å². The van der Waals surface area contributed by atoms with Gasteiger partial charge in [-0.05, 0) is 40.7 Å². The van der Waals surface area contributed by atoms with Gasteiger partial charge in [0.25, 0.3) is 0 Å². The Labute approximate surface area is 96.7 Å². The van der Waals surface area contributed by atoms with Crippen LogP contribution in [0.15, 0.2) is 0 Å². The van der Waals surface area contributed by atoms with Crippen LogP contribution in [0.25, 0.3) is 0 Å². The zero-order chi connectivity index (χ0) is 12.8. The lowest BCUT2D eigenvalue weighted by Gasteiger charge is -2.16. The van der Waals surface area contributed by atoms with Gasteiger partial charge in [-0.2, -0.15) is 0 Å². The largest absolute Gasteiger partial charge is 0.444 e. The summed E-state index contributed by atoms with van der Waals surface area (Å²) in [6.07, 6.45) is 0.313. The average Bonchev–Trinajstić information content (AvgIpc) is 2.50. The number of primary amides is 1. The average molecular weight is 230 g/mol. The van der Waals surface area contributed by atoms with Crippen molar-refractivity contribution >= 4 is 11.9 Å². The summed E-state index contributed by atoms with van der Waals surface area (Å²) in [4.78, 5) is 20.6. The van der Waals surface area contributed by atoms with Crippen LogP contribution in [0, 0.1) is 5.92 Å². The third-order valence-electron chi connectivity index (χ3n) is 2.04. The minimum absolute atomic E-state index is 0.315. The monoisotopic (exact) mass is 230 g/mol. The summed E-state index contributed by atoms with van der Waals surface area (Å²) in [5.41, 5.74) is 4.26. The van der Waals surface area contributed by atoms with Crippen LogP contribution in [-0.2, 0) is 9.53 Å². The standard InChI is InChI=1S/C6H11NO.C5H11NO2/c1-5(8)6-2-3-7-4-6;1-5(2,3)8-4(6)7/h6-7H,2-4H2,1H3;1-3H3,(H2,6,7). The van der Waals surface area contributed by atoms with Gasteiger partial charge in [-0.3, -0.25) is 4.79 Å². The van der Waals surface area contributed by atoms with Crippen molar-refractivity contribution in [2.24, 2.45) is 11.7 Å². The van der Waals surface area contributed by atoms with Crippen LogP contribution in [0.2, 0.25) is 0 Å². The molecule has 1 aliphatic heterocycles. The Morgan fingerprint density at radius 2 is 1.94 bits per heavy atom. The third kappa shape index (κ3) is 8.23. The molecule has 0 bridgehead atoms. The molecule has 1 rings (SSSR count). The van der Waals surface area contributed by atoms with Gasteiger partial charge in [-0.1, -0.05) is 0 Å². The van der Waals surface area contributed by atoms with Crippen molar-refractivity contribution in [3.05, 3.63) is 0 Å². The normalized spacial score (nSPS) is 19.6. The molecule has 1 unspecified atom stereocenters. The lowest BCUT2D eigenvalue weighted by molar-refractivity contribution is -0.120. The highest BCUT2D eigenvalue weighted by Crippen LogP contribution is 2.07. The van der Waals surface area contributed by atoms with E-state index in [0.29, 0.717) is 11.7 Å². The van der Waals surface area contributed by atoms with E-state index in [4.69, 9.17) is 5.73 Å². The van der Waals surface area contributed by atoms with E-state index in [1.807, 2.05) is 0 Å². The summed E-state index contributed by atoms with van der Waals surface area (Å²) < 4.78 is 4.58. The summed E-state index contributed by atoms with van der Waals surface area (Å²) in [5.74, 6) is 0.644. The molecule has 5 heteroatoms. The molecule has 1 aliphatic rings. The van der Waals surface area contributed by atoms with Crippen molar-refractivity contribution in [3.63, 3.8) is 0 Å². The number of carbonyl (C=O) groups is 2. The Morgan fingerprint density at radius 3 is 2.06 bits per heavy atom. The van der Waals surface area contributed by atoms with Gasteiger partial charge in [0.1, 0.15) is 11.4 Å². The van der Waals surface area contributed by atoms with Crippen LogP contribution >= 0.6 is 0 Å². The quantitative estimate of drug-likeness (QED) is 0.706. The number of hydrogen-bond acceptors (Lipinski definition) is 4. The molecular formula is C11H22N2O3. The number of hydrogen-bond donors (Lipinski definition) is 2. The first-order valence-corrected chi connectivity index (χ1v) is 5.42. The van der Waals surface area contributed by atoms with Gasteiger partial charge < -0.3 is 15.8 Å². The topological polar surface area (TPSA) is 81.4 Å². The van der Waals surface area contributed by atoms with Gasteiger partial charge in [0.05, 0.1) is 0 Å². The summed E-state index contributed by atoms with van der Waals surface area (Å²) in [6, 6.07) is 0. The third-order valence-corrected chi connectivity index (χ3v) is 2.04. The molecule has 0 spiro atoms. The van der Waals surface area contributed by atoms with Crippen molar-refractivity contribution in [1.29, 1.82) is 0 Å². The van der Waals surface area contributed by atoms with E-state index >= 15 is 0 Å². The zero-order valence-corrected chi connectivity index (χ0v) is 10.5. The first kappa shape index (κ1) is 14.9. The van der Waals surface area contributed by atoms with Crippen LogP contribution < -0.4 is 11.1 Å². The smallest absolute Gasteiger partial charge is 0.405 e. The molecule has 0 aromatic carbocycles. The second kappa shape index (κ2) is 6.48. The summed E-state index contributed by atoms with van der Waals surface area (Å²) in [5, 5.41) is 3.13. The lowest BCUT2D eigenvalue weighted by Crippen LogP contribution is -2.27. The molecule has 0 aliphatic carbocycles. The van der Waals surface area contributed by atoms with Gasteiger partial charge in [0.2, 0.25) is 0 Å². The number of ether oxygens (including phenoxy) is 1. The molecule has 3 N–H and O–H groups in total. The zero-order valence-electron chi connectivity index (χ0n) is 10.5. The maximum atomic E-state index is 10.6. The summed E-state index contributed by atoms with van der Waals surface area (Å²) in [7, 11) is 0. The number of nitrogens with one attached hydrogen (secondary N) is 1. The van der Waals surface area contributed by atoms with E-state index in [9.17, 15) is 9.59 Å². The van der Waals surface area contributed by atoms with Gasteiger partial charge in [-0.15, -0.1) is 0 Å². The van der Waals surface area contributed by atoms with E-state index in [-0.39, 0.29) is 0 Å². The predicted molar refractivity (Wildman–Crippen MR) is 62.1 cm³/mol. The molecule has 1 heterocycles. The highest BCUT2D eigenvalue weighted by Gasteiger charge is 2.17. The first-order valence-electron chi connectivity index (χ1n) is 5.42. The second-order valence-corrected chi connectivity index (χ2v) is 4.83. The Hall–Kier alpha value is -1.10. The van der Waals surface area contributed by atoms with Gasteiger partial charge in [0.15, 0.2) is 0 Å². The summed E-state index contributed by atoms with van der Waals surface area (Å²) >= 11 is 0. The molecule has 16 heavy (non-hydrogen) atoms. The number of rotatable bonds is 1. The van der Waals surface area contributed by atoms with Crippen molar-refractivity contribution in [2.45, 2.75) is 39.7 Å². The van der Waals surface area contributed by atoms with Crippen molar-refractivity contribution in [1.82, 2.24) is 5.32 Å². The van der Waals surface area contributed by atoms with E-state index in [1.54, 1.807) is 27.7 Å². The number of ketones is 1. The minimum atomic E-state index is -0.725. The van der Waals surface area contributed by atoms with Crippen LogP contribution in [0.4, 0.5) is 4.79 Å². The van der Waals surface area contributed by atoms with Crippen molar-refractivity contribution < 1.29 is 14.3 Å². The van der Waals surface area contributed by atoms with E-state index in [1.165, 1.54) is 0 Å².